The Kier molecular flexibility index (Phi) is 10.6. The number of benzene rings is 2. The van der Waals surface area contributed by atoms with Gasteiger partial charge in [-0.15, -0.1) is 0 Å². The van der Waals surface area contributed by atoms with E-state index in [1.54, 1.807) is 4.68 Å². The number of methoxy groups -OCH3 is 1. The van der Waals surface area contributed by atoms with E-state index in [-0.39, 0.29) is 35.9 Å². The first-order chi connectivity index (χ1) is 25.1. The minimum atomic E-state index is -3.01. The summed E-state index contributed by atoms with van der Waals surface area (Å²) in [6.45, 7) is 1.16. The highest BCUT2D eigenvalue weighted by atomic mass is 32.2. The molecule has 3 aliphatic heterocycles. The lowest BCUT2D eigenvalue weighted by Crippen LogP contribution is -2.49. The molecule has 5 heterocycles. The molecule has 7 rings (SSSR count). The number of ether oxygens (including phenoxy) is 2. The van der Waals surface area contributed by atoms with Crippen molar-refractivity contribution in [2.45, 2.75) is 62.1 Å². The van der Waals surface area contributed by atoms with Gasteiger partial charge in [-0.3, -0.25) is 24.6 Å². The van der Waals surface area contributed by atoms with E-state index in [0.29, 0.717) is 44.2 Å². The first-order valence-electron chi connectivity index (χ1n) is 17.3. The first kappa shape index (κ1) is 35.7. The molecule has 0 spiro atoms. The van der Waals surface area contributed by atoms with Gasteiger partial charge in [0.2, 0.25) is 17.6 Å². The SMILES string of the molecule is COc1nc(NC2CCN(S(=O)c3cccc(CN4CCC(c5ccc6c(N7CCC(=O)NC7=O)nn(C)c6c5)CC4)c3)CC2)ncc1OC(F)F. The average molecular weight is 738 g/mol. The van der Waals surface area contributed by atoms with Crippen LogP contribution in [0.4, 0.5) is 25.3 Å². The van der Waals surface area contributed by atoms with E-state index in [2.05, 4.69) is 53.5 Å². The molecule has 2 aromatic carbocycles. The van der Waals surface area contributed by atoms with E-state index in [0.717, 1.165) is 60.0 Å². The number of nitrogens with one attached hydrogen (secondary N) is 2. The first-order valence-corrected chi connectivity index (χ1v) is 18.4. The van der Waals surface area contributed by atoms with Gasteiger partial charge in [0.1, 0.15) is 11.0 Å². The Bertz CT molecular complexity index is 1960. The number of amides is 3. The number of carbonyl (C=O) groups is 2. The number of aromatic nitrogens is 4. The van der Waals surface area contributed by atoms with Crippen LogP contribution in [0.1, 0.15) is 49.1 Å². The summed E-state index contributed by atoms with van der Waals surface area (Å²) >= 11 is 0. The molecule has 3 aliphatic rings. The Morgan fingerprint density at radius 3 is 2.56 bits per heavy atom. The van der Waals surface area contributed by atoms with Gasteiger partial charge in [0.25, 0.3) is 5.88 Å². The zero-order valence-electron chi connectivity index (χ0n) is 29.0. The van der Waals surface area contributed by atoms with Crippen LogP contribution in [0.25, 0.3) is 10.9 Å². The minimum Gasteiger partial charge on any atom is -0.478 e. The number of alkyl halides is 2. The topological polar surface area (TPSA) is 147 Å². The van der Waals surface area contributed by atoms with Crippen LogP contribution >= 0.6 is 0 Å². The summed E-state index contributed by atoms with van der Waals surface area (Å²) in [5.74, 6) is 0.637. The summed E-state index contributed by atoms with van der Waals surface area (Å²) < 4.78 is 52.1. The molecule has 52 heavy (non-hydrogen) atoms. The van der Waals surface area contributed by atoms with Crippen LogP contribution in [-0.4, -0.2) is 97.6 Å². The van der Waals surface area contributed by atoms with Gasteiger partial charge in [-0.1, -0.05) is 18.2 Å². The molecular weight excluding hydrogens is 697 g/mol. The number of aryl methyl sites for hydroxylation is 1. The molecule has 0 bridgehead atoms. The quantitative estimate of drug-likeness (QED) is 0.227. The van der Waals surface area contributed by atoms with Crippen LogP contribution in [0.5, 0.6) is 11.6 Å². The van der Waals surface area contributed by atoms with Gasteiger partial charge >= 0.3 is 12.6 Å². The van der Waals surface area contributed by atoms with E-state index in [9.17, 15) is 22.6 Å². The number of halogens is 2. The second kappa shape index (κ2) is 15.5. The van der Waals surface area contributed by atoms with Gasteiger partial charge in [0, 0.05) is 51.1 Å². The third-order valence-corrected chi connectivity index (χ3v) is 11.4. The monoisotopic (exact) mass is 737 g/mol. The molecule has 2 N–H and O–H groups in total. The molecule has 3 saturated heterocycles. The second-order valence-electron chi connectivity index (χ2n) is 13.2. The fraction of sp³-hybridized carbons (Fsp3) is 0.457. The van der Waals surface area contributed by atoms with Gasteiger partial charge in [-0.05, 0) is 80.1 Å². The number of carbonyl (C=O) groups excluding carboxylic acids is 2. The van der Waals surface area contributed by atoms with Gasteiger partial charge in [0.15, 0.2) is 5.82 Å². The van der Waals surface area contributed by atoms with Crippen molar-refractivity contribution in [1.29, 1.82) is 0 Å². The van der Waals surface area contributed by atoms with Crippen molar-refractivity contribution in [3.63, 3.8) is 0 Å². The molecule has 4 aromatic rings. The largest absolute Gasteiger partial charge is 0.478 e. The summed E-state index contributed by atoms with van der Waals surface area (Å²) in [4.78, 5) is 37.1. The zero-order chi connectivity index (χ0) is 36.4. The normalized spacial score (nSPS) is 18.9. The van der Waals surface area contributed by atoms with E-state index in [1.165, 1.54) is 17.6 Å². The fourth-order valence-electron chi connectivity index (χ4n) is 7.16. The maximum atomic E-state index is 13.6. The molecule has 17 heteroatoms. The number of imide groups is 1. The predicted octanol–water partition coefficient (Wildman–Crippen LogP) is 4.40. The number of urea groups is 1. The van der Waals surface area contributed by atoms with Crippen LogP contribution in [0, 0.1) is 0 Å². The van der Waals surface area contributed by atoms with Gasteiger partial charge < -0.3 is 14.8 Å². The number of fused-ring (bicyclic) bond motifs is 1. The van der Waals surface area contributed by atoms with Crippen LogP contribution in [0.2, 0.25) is 0 Å². The third-order valence-electron chi connectivity index (χ3n) is 9.88. The Hall–Kier alpha value is -4.74. The van der Waals surface area contributed by atoms with Gasteiger partial charge in [-0.25, -0.2) is 18.3 Å². The Labute approximate surface area is 302 Å². The van der Waals surface area contributed by atoms with Crippen molar-refractivity contribution >= 4 is 45.6 Å². The number of nitrogens with zero attached hydrogens (tertiary/aromatic N) is 7. The second-order valence-corrected chi connectivity index (χ2v) is 14.7. The maximum absolute atomic E-state index is 13.6. The molecule has 14 nitrogen and oxygen atoms in total. The Morgan fingerprint density at radius 2 is 1.83 bits per heavy atom. The van der Waals surface area contributed by atoms with E-state index in [1.807, 2.05) is 35.6 Å². The standard InChI is InChI=1S/C35H41F2N9O5S/c1-43-28-19-24(6-7-27(28)31(42-43)46-17-12-30(47)40-35(46)48)23-8-13-44(14-9-23)21-22-4-3-5-26(18-22)52(49)45-15-10-25(11-16-45)39-34-38-20-29(51-33(36)37)32(41-34)50-2/h3-7,18-20,23,25,33H,8-17,21H2,1-2H3,(H,38,39,41)(H,40,47,48). The van der Waals surface area contributed by atoms with E-state index < -0.39 is 23.6 Å². The Morgan fingerprint density at radius 1 is 1.04 bits per heavy atom. The van der Waals surface area contributed by atoms with Crippen LogP contribution in [0.3, 0.4) is 0 Å². The molecule has 1 unspecified atom stereocenters. The van der Waals surface area contributed by atoms with Crippen LogP contribution in [-0.2, 0) is 29.4 Å². The van der Waals surface area contributed by atoms with Crippen molar-refractivity contribution in [2.75, 3.05) is 50.1 Å². The summed E-state index contributed by atoms with van der Waals surface area (Å²) in [5, 5.41) is 11.1. The Balaban J connectivity index is 0.907. The molecule has 2 aromatic heterocycles. The maximum Gasteiger partial charge on any atom is 0.387 e. The number of hydrogen-bond donors (Lipinski definition) is 2. The molecule has 3 amide bonds. The number of piperidine rings is 2. The van der Waals surface area contributed by atoms with Gasteiger partial charge in [0.05, 0.1) is 23.7 Å². The molecular formula is C35H41F2N9O5S. The zero-order valence-corrected chi connectivity index (χ0v) is 29.8. The van der Waals surface area contributed by atoms with Crippen molar-refractivity contribution in [2.24, 2.45) is 7.05 Å². The number of anilines is 2. The summed E-state index contributed by atoms with van der Waals surface area (Å²) in [5.41, 5.74) is 3.33. The summed E-state index contributed by atoms with van der Waals surface area (Å²) in [7, 11) is 1.89. The van der Waals surface area contributed by atoms with Crippen molar-refractivity contribution in [3.05, 3.63) is 59.8 Å². The third kappa shape index (κ3) is 7.85. The lowest BCUT2D eigenvalue weighted by Gasteiger charge is -2.33. The van der Waals surface area contributed by atoms with Crippen LogP contribution in [0.15, 0.2) is 53.6 Å². The molecule has 0 radical (unpaired) electrons. The highest BCUT2D eigenvalue weighted by Crippen LogP contribution is 2.34. The highest BCUT2D eigenvalue weighted by molar-refractivity contribution is 7.82. The summed E-state index contributed by atoms with van der Waals surface area (Å²) in [6, 6.07) is 13.9. The average Bonchev–Trinajstić information content (AvgIpc) is 3.47. The molecule has 3 fully saturated rings. The fourth-order valence-corrected chi connectivity index (χ4v) is 8.44. The smallest absolute Gasteiger partial charge is 0.387 e. The lowest BCUT2D eigenvalue weighted by molar-refractivity contribution is -0.120. The van der Waals surface area contributed by atoms with Gasteiger partial charge in [-0.2, -0.15) is 18.9 Å². The molecule has 1 atom stereocenters. The molecule has 276 valence electrons. The van der Waals surface area contributed by atoms with E-state index >= 15 is 0 Å². The molecule has 0 aliphatic carbocycles. The number of hydrogen-bond acceptors (Lipinski definition) is 10. The number of rotatable bonds is 11. The molecule has 0 saturated carbocycles. The lowest BCUT2D eigenvalue weighted by atomic mass is 9.89. The highest BCUT2D eigenvalue weighted by Gasteiger charge is 2.29. The van der Waals surface area contributed by atoms with Crippen molar-refractivity contribution in [3.8, 4) is 11.6 Å². The summed E-state index contributed by atoms with van der Waals surface area (Å²) in [6.07, 6.45) is 4.82. The van der Waals surface area contributed by atoms with Crippen LogP contribution < -0.4 is 25.0 Å². The predicted molar refractivity (Wildman–Crippen MR) is 190 cm³/mol. The van der Waals surface area contributed by atoms with Crippen molar-refractivity contribution < 1.29 is 32.1 Å². The number of likely N-dealkylation sites (tertiary alicyclic amines) is 1. The minimum absolute atomic E-state index is 0.0217. The van der Waals surface area contributed by atoms with E-state index in [4.69, 9.17) is 4.74 Å². The van der Waals surface area contributed by atoms with Crippen molar-refractivity contribution in [1.82, 2.24) is 34.3 Å².